The van der Waals surface area contributed by atoms with E-state index in [2.05, 4.69) is 64.9 Å². The van der Waals surface area contributed by atoms with Gasteiger partial charge in [0.25, 0.3) is 0 Å². The molecule has 0 fully saturated rings. The first-order valence-corrected chi connectivity index (χ1v) is 5.54. The first-order valence-electron chi connectivity index (χ1n) is 5.54. The van der Waals surface area contributed by atoms with Crippen LogP contribution < -0.4 is 0 Å². The third-order valence-corrected chi connectivity index (χ3v) is 2.27. The molecule has 1 unspecified atom stereocenters. The summed E-state index contributed by atoms with van der Waals surface area (Å²) in [5.41, 5.74) is 1.31. The van der Waals surface area contributed by atoms with E-state index in [1.165, 1.54) is 12.1 Å². The Balaban J connectivity index is 4.52. The standard InChI is InChI=1S/C13H25N/c1-7-12(4)10-13(14(5)6)9-8-11(2)3/h8-12H,7H2,1-6H3/b9-8-,13-10+. The maximum atomic E-state index is 2.33. The van der Waals surface area contributed by atoms with Crippen molar-refractivity contribution in [1.82, 2.24) is 4.90 Å². The van der Waals surface area contributed by atoms with Crippen molar-refractivity contribution in [2.24, 2.45) is 11.8 Å². The van der Waals surface area contributed by atoms with Crippen LogP contribution in [0.3, 0.4) is 0 Å². The second-order valence-electron chi connectivity index (χ2n) is 4.47. The van der Waals surface area contributed by atoms with Crippen molar-refractivity contribution in [3.8, 4) is 0 Å². The van der Waals surface area contributed by atoms with Crippen LogP contribution >= 0.6 is 0 Å². The molecule has 0 heterocycles. The van der Waals surface area contributed by atoms with Crippen molar-refractivity contribution < 1.29 is 0 Å². The van der Waals surface area contributed by atoms with Gasteiger partial charge in [-0.25, -0.2) is 0 Å². The number of likely N-dealkylation sites (N-methyl/N-ethyl adjacent to an activating group) is 1. The summed E-state index contributed by atoms with van der Waals surface area (Å²) in [5.74, 6) is 1.28. The Hall–Kier alpha value is -0.720. The monoisotopic (exact) mass is 195 g/mol. The molecule has 0 saturated heterocycles. The summed E-state index contributed by atoms with van der Waals surface area (Å²) in [7, 11) is 4.19. The summed E-state index contributed by atoms with van der Waals surface area (Å²) in [6.45, 7) is 8.88. The van der Waals surface area contributed by atoms with Gasteiger partial charge in [-0.2, -0.15) is 0 Å². The number of allylic oxidation sites excluding steroid dienone is 3. The third kappa shape index (κ3) is 5.85. The highest BCUT2D eigenvalue weighted by atomic mass is 15.1. The van der Waals surface area contributed by atoms with E-state index < -0.39 is 0 Å². The van der Waals surface area contributed by atoms with Gasteiger partial charge in [0.1, 0.15) is 0 Å². The van der Waals surface area contributed by atoms with E-state index in [-0.39, 0.29) is 0 Å². The molecule has 0 aromatic rings. The second kappa shape index (κ2) is 6.69. The highest BCUT2D eigenvalue weighted by molar-refractivity contribution is 5.17. The molecule has 0 aliphatic heterocycles. The molecule has 14 heavy (non-hydrogen) atoms. The van der Waals surface area contributed by atoms with Crippen LogP contribution in [-0.2, 0) is 0 Å². The van der Waals surface area contributed by atoms with Crippen LogP contribution in [0.2, 0.25) is 0 Å². The van der Waals surface area contributed by atoms with Crippen molar-refractivity contribution in [3.05, 3.63) is 23.9 Å². The predicted molar refractivity (Wildman–Crippen MR) is 65.2 cm³/mol. The Kier molecular flexibility index (Phi) is 6.35. The largest absolute Gasteiger partial charge is 0.378 e. The van der Waals surface area contributed by atoms with Crippen LogP contribution in [0.4, 0.5) is 0 Å². The average Bonchev–Trinajstić information content (AvgIpc) is 2.10. The lowest BCUT2D eigenvalue weighted by Gasteiger charge is -2.16. The molecule has 0 aliphatic rings. The lowest BCUT2D eigenvalue weighted by molar-refractivity contribution is 0.516. The number of hydrogen-bond donors (Lipinski definition) is 0. The zero-order valence-corrected chi connectivity index (χ0v) is 10.5. The molecule has 1 heteroatoms. The first kappa shape index (κ1) is 13.3. The minimum absolute atomic E-state index is 0.621. The minimum Gasteiger partial charge on any atom is -0.378 e. The highest BCUT2D eigenvalue weighted by Crippen LogP contribution is 2.11. The third-order valence-electron chi connectivity index (χ3n) is 2.27. The molecular formula is C13H25N. The van der Waals surface area contributed by atoms with Crippen molar-refractivity contribution >= 4 is 0 Å². The van der Waals surface area contributed by atoms with Gasteiger partial charge in [0, 0.05) is 19.8 Å². The zero-order chi connectivity index (χ0) is 11.1. The fourth-order valence-corrected chi connectivity index (χ4v) is 1.05. The zero-order valence-electron chi connectivity index (χ0n) is 10.5. The van der Waals surface area contributed by atoms with Crippen LogP contribution in [0.1, 0.15) is 34.1 Å². The summed E-state index contributed by atoms with van der Waals surface area (Å²) in [6.07, 6.45) is 8.00. The first-order chi connectivity index (χ1) is 6.47. The number of nitrogens with zero attached hydrogens (tertiary/aromatic N) is 1. The van der Waals surface area contributed by atoms with Gasteiger partial charge < -0.3 is 4.90 Å². The number of rotatable bonds is 5. The van der Waals surface area contributed by atoms with Crippen LogP contribution in [0.5, 0.6) is 0 Å². The van der Waals surface area contributed by atoms with Gasteiger partial charge in [0.2, 0.25) is 0 Å². The molecule has 1 atom stereocenters. The maximum Gasteiger partial charge on any atom is 0.0320 e. The highest BCUT2D eigenvalue weighted by Gasteiger charge is 1.99. The quantitative estimate of drug-likeness (QED) is 0.605. The predicted octanol–water partition coefficient (Wildman–Crippen LogP) is 3.69. The molecular weight excluding hydrogens is 170 g/mol. The Morgan fingerprint density at radius 3 is 2.14 bits per heavy atom. The molecule has 0 aliphatic carbocycles. The minimum atomic E-state index is 0.621. The molecule has 82 valence electrons. The lowest BCUT2D eigenvalue weighted by Crippen LogP contribution is -2.10. The molecule has 0 aromatic carbocycles. The molecule has 0 N–H and O–H groups in total. The number of hydrogen-bond acceptors (Lipinski definition) is 1. The summed E-state index contributed by atoms with van der Waals surface area (Å²) >= 11 is 0. The van der Waals surface area contributed by atoms with Crippen LogP contribution in [-0.4, -0.2) is 19.0 Å². The van der Waals surface area contributed by atoms with E-state index in [0.717, 1.165) is 0 Å². The van der Waals surface area contributed by atoms with Gasteiger partial charge in [-0.05, 0) is 17.9 Å². The summed E-state index contributed by atoms with van der Waals surface area (Å²) < 4.78 is 0. The molecule has 0 bridgehead atoms. The Labute approximate surface area is 89.5 Å². The van der Waals surface area contributed by atoms with E-state index in [9.17, 15) is 0 Å². The van der Waals surface area contributed by atoms with E-state index in [0.29, 0.717) is 11.8 Å². The van der Waals surface area contributed by atoms with Crippen molar-refractivity contribution in [1.29, 1.82) is 0 Å². The van der Waals surface area contributed by atoms with E-state index in [4.69, 9.17) is 0 Å². The summed E-state index contributed by atoms with van der Waals surface area (Å²) in [5, 5.41) is 0. The SMILES string of the molecule is CCC(C)/C=C(\C=C/C(C)C)N(C)C. The van der Waals surface area contributed by atoms with Crippen LogP contribution in [0.25, 0.3) is 0 Å². The van der Waals surface area contributed by atoms with E-state index in [1.807, 2.05) is 0 Å². The lowest BCUT2D eigenvalue weighted by atomic mass is 10.1. The van der Waals surface area contributed by atoms with Crippen molar-refractivity contribution in [3.63, 3.8) is 0 Å². The van der Waals surface area contributed by atoms with Gasteiger partial charge in [0.05, 0.1) is 0 Å². The van der Waals surface area contributed by atoms with E-state index in [1.54, 1.807) is 0 Å². The Morgan fingerprint density at radius 2 is 1.79 bits per heavy atom. The van der Waals surface area contributed by atoms with Crippen molar-refractivity contribution in [2.75, 3.05) is 14.1 Å². The van der Waals surface area contributed by atoms with Gasteiger partial charge in [-0.1, -0.05) is 46.3 Å². The van der Waals surface area contributed by atoms with Gasteiger partial charge in [0.15, 0.2) is 0 Å². The van der Waals surface area contributed by atoms with Crippen molar-refractivity contribution in [2.45, 2.75) is 34.1 Å². The molecule has 0 spiro atoms. The topological polar surface area (TPSA) is 3.24 Å². The second-order valence-corrected chi connectivity index (χ2v) is 4.47. The Morgan fingerprint density at radius 1 is 1.21 bits per heavy atom. The van der Waals surface area contributed by atoms with Crippen LogP contribution in [0, 0.1) is 11.8 Å². The molecule has 0 amide bonds. The Bertz CT molecular complexity index is 199. The van der Waals surface area contributed by atoms with Gasteiger partial charge in [-0.3, -0.25) is 0 Å². The maximum absolute atomic E-state index is 2.33. The normalized spacial score (nSPS) is 15.2. The molecule has 0 aromatic heterocycles. The average molecular weight is 195 g/mol. The van der Waals surface area contributed by atoms with Gasteiger partial charge >= 0.3 is 0 Å². The van der Waals surface area contributed by atoms with Crippen LogP contribution in [0.15, 0.2) is 23.9 Å². The summed E-state index contributed by atoms with van der Waals surface area (Å²) in [6, 6.07) is 0. The smallest absolute Gasteiger partial charge is 0.0320 e. The fourth-order valence-electron chi connectivity index (χ4n) is 1.05. The molecule has 0 saturated carbocycles. The molecule has 1 nitrogen and oxygen atoms in total. The van der Waals surface area contributed by atoms with Gasteiger partial charge in [-0.15, -0.1) is 0 Å². The van der Waals surface area contributed by atoms with E-state index >= 15 is 0 Å². The fraction of sp³-hybridized carbons (Fsp3) is 0.692. The molecule has 0 radical (unpaired) electrons. The summed E-state index contributed by atoms with van der Waals surface area (Å²) in [4.78, 5) is 2.17. The molecule has 0 rings (SSSR count).